The van der Waals surface area contributed by atoms with E-state index >= 15 is 0 Å². The Morgan fingerprint density at radius 3 is 3.00 bits per heavy atom. The number of fused-ring (bicyclic) bond motifs is 1. The first kappa shape index (κ1) is 9.92. The Balaban J connectivity index is 2.29. The van der Waals surface area contributed by atoms with Crippen molar-refractivity contribution >= 4 is 0 Å². The van der Waals surface area contributed by atoms with Gasteiger partial charge in [0.1, 0.15) is 5.75 Å². The van der Waals surface area contributed by atoms with Crippen LogP contribution in [0.2, 0.25) is 0 Å². The Hall–Kier alpha value is -1.62. The van der Waals surface area contributed by atoms with E-state index in [2.05, 4.69) is 0 Å². The number of benzene rings is 1. The van der Waals surface area contributed by atoms with Crippen LogP contribution in [0, 0.1) is 10.1 Å². The number of aliphatic hydroxyl groups excluding tert-OH is 1. The molecule has 1 aliphatic heterocycles. The van der Waals surface area contributed by atoms with Gasteiger partial charge in [-0.1, -0.05) is 18.2 Å². The van der Waals surface area contributed by atoms with Crippen molar-refractivity contribution in [2.45, 2.75) is 18.6 Å². The van der Waals surface area contributed by atoms with Crippen molar-refractivity contribution in [1.29, 1.82) is 0 Å². The molecule has 0 unspecified atom stereocenters. The van der Waals surface area contributed by atoms with Crippen molar-refractivity contribution in [2.75, 3.05) is 6.54 Å². The highest BCUT2D eigenvalue weighted by atomic mass is 16.6. The fourth-order valence-electron chi connectivity index (χ4n) is 1.84. The van der Waals surface area contributed by atoms with E-state index in [1.54, 1.807) is 18.2 Å². The largest absolute Gasteiger partial charge is 0.465 e. The summed E-state index contributed by atoms with van der Waals surface area (Å²) in [5, 5.41) is 19.9. The molecule has 1 N–H and O–H groups in total. The molecular formula is C10H11NO4. The van der Waals surface area contributed by atoms with Crippen LogP contribution in [0.15, 0.2) is 24.3 Å². The molecule has 1 aliphatic rings. The zero-order valence-corrected chi connectivity index (χ0v) is 8.00. The molecule has 0 aliphatic carbocycles. The van der Waals surface area contributed by atoms with E-state index in [0.717, 1.165) is 5.56 Å². The van der Waals surface area contributed by atoms with Crippen LogP contribution in [0.3, 0.4) is 0 Å². The minimum Gasteiger partial charge on any atom is -0.465 e. The molecule has 0 saturated carbocycles. The van der Waals surface area contributed by atoms with Crippen LogP contribution in [0.4, 0.5) is 0 Å². The van der Waals surface area contributed by atoms with Crippen LogP contribution < -0.4 is 4.74 Å². The lowest BCUT2D eigenvalue weighted by atomic mass is 9.92. The third-order valence-electron chi connectivity index (χ3n) is 2.48. The molecule has 0 spiro atoms. The number of hydrogen-bond donors (Lipinski definition) is 1. The van der Waals surface area contributed by atoms with Crippen LogP contribution in [0.25, 0.3) is 0 Å². The fraction of sp³-hybridized carbons (Fsp3) is 0.400. The molecule has 0 fully saturated rings. The molecule has 0 bridgehead atoms. The summed E-state index contributed by atoms with van der Waals surface area (Å²) >= 11 is 0. The Morgan fingerprint density at radius 2 is 2.27 bits per heavy atom. The number of nitro groups is 1. The van der Waals surface area contributed by atoms with E-state index in [-0.39, 0.29) is 23.8 Å². The van der Waals surface area contributed by atoms with E-state index < -0.39 is 6.29 Å². The van der Waals surface area contributed by atoms with Gasteiger partial charge in [0.2, 0.25) is 6.54 Å². The Morgan fingerprint density at radius 1 is 1.53 bits per heavy atom. The van der Waals surface area contributed by atoms with E-state index in [4.69, 9.17) is 4.74 Å². The van der Waals surface area contributed by atoms with Crippen molar-refractivity contribution in [2.24, 2.45) is 0 Å². The van der Waals surface area contributed by atoms with Crippen molar-refractivity contribution in [3.63, 3.8) is 0 Å². The SMILES string of the molecule is O=[N+]([O-])C[C@@H]1C[C@H](O)Oc2ccccc21. The van der Waals surface area contributed by atoms with Crippen LogP contribution in [-0.4, -0.2) is 22.9 Å². The summed E-state index contributed by atoms with van der Waals surface area (Å²) in [4.78, 5) is 10.1. The zero-order valence-electron chi connectivity index (χ0n) is 8.00. The lowest BCUT2D eigenvalue weighted by molar-refractivity contribution is -0.484. The topological polar surface area (TPSA) is 72.6 Å². The Labute approximate surface area is 86.4 Å². The van der Waals surface area contributed by atoms with E-state index in [9.17, 15) is 15.2 Å². The molecule has 0 aromatic heterocycles. The summed E-state index contributed by atoms with van der Waals surface area (Å²) in [6.07, 6.45) is -0.664. The zero-order chi connectivity index (χ0) is 10.8. The van der Waals surface area contributed by atoms with E-state index in [0.29, 0.717) is 5.75 Å². The highest BCUT2D eigenvalue weighted by Crippen LogP contribution is 2.35. The summed E-state index contributed by atoms with van der Waals surface area (Å²) in [5.41, 5.74) is 0.805. The van der Waals surface area contributed by atoms with Crippen LogP contribution in [0.1, 0.15) is 17.9 Å². The Bertz CT molecular complexity index is 379. The second-order valence-electron chi connectivity index (χ2n) is 3.56. The number of rotatable bonds is 2. The van der Waals surface area contributed by atoms with Crippen molar-refractivity contribution in [3.05, 3.63) is 39.9 Å². The lowest BCUT2D eigenvalue weighted by Crippen LogP contribution is -2.28. The van der Waals surface area contributed by atoms with Gasteiger partial charge in [-0.05, 0) is 6.07 Å². The Kier molecular flexibility index (Phi) is 2.55. The summed E-state index contributed by atoms with van der Waals surface area (Å²) < 4.78 is 5.18. The minimum atomic E-state index is -0.940. The predicted octanol–water partition coefficient (Wildman–Crippen LogP) is 1.15. The molecule has 2 rings (SSSR count). The highest BCUT2D eigenvalue weighted by molar-refractivity contribution is 5.37. The number of aliphatic hydroxyl groups is 1. The molecule has 2 atom stereocenters. The van der Waals surface area contributed by atoms with Crippen LogP contribution in [-0.2, 0) is 0 Å². The molecule has 0 saturated heterocycles. The normalized spacial score (nSPS) is 24.1. The first-order valence-electron chi connectivity index (χ1n) is 4.72. The van der Waals surface area contributed by atoms with Gasteiger partial charge in [-0.3, -0.25) is 10.1 Å². The van der Waals surface area contributed by atoms with Crippen molar-refractivity contribution in [3.8, 4) is 5.75 Å². The van der Waals surface area contributed by atoms with Gasteiger partial charge in [0.25, 0.3) is 0 Å². The molecule has 1 aromatic rings. The highest BCUT2D eigenvalue weighted by Gasteiger charge is 2.29. The van der Waals surface area contributed by atoms with Crippen LogP contribution >= 0.6 is 0 Å². The minimum absolute atomic E-state index is 0.169. The van der Waals surface area contributed by atoms with Crippen molar-refractivity contribution < 1.29 is 14.8 Å². The molecule has 1 heterocycles. The van der Waals surface area contributed by atoms with Crippen molar-refractivity contribution in [1.82, 2.24) is 0 Å². The van der Waals surface area contributed by atoms with Gasteiger partial charge in [-0.2, -0.15) is 0 Å². The summed E-state index contributed by atoms with van der Waals surface area (Å²) in [6, 6.07) is 7.10. The van der Waals surface area contributed by atoms with Gasteiger partial charge in [-0.15, -0.1) is 0 Å². The molecule has 5 heteroatoms. The van der Waals surface area contributed by atoms with Gasteiger partial charge in [-0.25, -0.2) is 0 Å². The maximum atomic E-state index is 10.5. The molecule has 5 nitrogen and oxygen atoms in total. The quantitative estimate of drug-likeness (QED) is 0.585. The predicted molar refractivity (Wildman–Crippen MR) is 52.3 cm³/mol. The third-order valence-corrected chi connectivity index (χ3v) is 2.48. The number of para-hydroxylation sites is 1. The monoisotopic (exact) mass is 209 g/mol. The molecule has 80 valence electrons. The van der Waals surface area contributed by atoms with Gasteiger partial charge in [0, 0.05) is 16.9 Å². The maximum Gasteiger partial charge on any atom is 0.211 e. The standard InChI is InChI=1S/C10H11NO4/c12-10-5-7(6-11(13)14)8-3-1-2-4-9(8)15-10/h1-4,7,10,12H,5-6H2/t7-,10+/m0/s1. The summed E-state index contributed by atoms with van der Waals surface area (Å²) in [6.45, 7) is -0.169. The first-order chi connectivity index (χ1) is 7.16. The lowest BCUT2D eigenvalue weighted by Gasteiger charge is -2.26. The molecule has 1 aromatic carbocycles. The number of ether oxygens (including phenoxy) is 1. The molecular weight excluding hydrogens is 198 g/mol. The van der Waals surface area contributed by atoms with Crippen LogP contribution in [0.5, 0.6) is 5.75 Å². The smallest absolute Gasteiger partial charge is 0.211 e. The number of hydrogen-bond acceptors (Lipinski definition) is 4. The van der Waals surface area contributed by atoms with Gasteiger partial charge in [0.15, 0.2) is 6.29 Å². The van der Waals surface area contributed by atoms with Gasteiger partial charge in [0.05, 0.1) is 5.92 Å². The fourth-order valence-corrected chi connectivity index (χ4v) is 1.84. The van der Waals surface area contributed by atoms with E-state index in [1.807, 2.05) is 6.07 Å². The summed E-state index contributed by atoms with van der Waals surface area (Å²) in [5.74, 6) is 0.281. The average Bonchev–Trinajstić information content (AvgIpc) is 2.16. The molecule has 0 amide bonds. The number of nitrogens with zero attached hydrogens (tertiary/aromatic N) is 1. The van der Waals surface area contributed by atoms with Gasteiger partial charge < -0.3 is 9.84 Å². The van der Waals surface area contributed by atoms with Gasteiger partial charge >= 0.3 is 0 Å². The second-order valence-corrected chi connectivity index (χ2v) is 3.56. The first-order valence-corrected chi connectivity index (χ1v) is 4.72. The van der Waals surface area contributed by atoms with E-state index in [1.165, 1.54) is 0 Å². The third kappa shape index (κ3) is 2.07. The molecule has 15 heavy (non-hydrogen) atoms. The molecule has 0 radical (unpaired) electrons. The second kappa shape index (κ2) is 3.86. The average molecular weight is 209 g/mol. The maximum absolute atomic E-state index is 10.5. The summed E-state index contributed by atoms with van der Waals surface area (Å²) in [7, 11) is 0.